The lowest BCUT2D eigenvalue weighted by Crippen LogP contribution is -2.36. The van der Waals surface area contributed by atoms with Crippen molar-refractivity contribution in [3.05, 3.63) is 53.1 Å². The summed E-state index contributed by atoms with van der Waals surface area (Å²) in [5.41, 5.74) is 1.65. The number of benzene rings is 2. The van der Waals surface area contributed by atoms with Crippen molar-refractivity contribution in [2.24, 2.45) is 0 Å². The minimum Gasteiger partial charge on any atom is -0.493 e. The molecule has 1 atom stereocenters. The van der Waals surface area contributed by atoms with E-state index in [-0.39, 0.29) is 12.0 Å². The number of nitrogens with zero attached hydrogens (tertiary/aromatic N) is 2. The molecule has 31 heavy (non-hydrogen) atoms. The zero-order valence-electron chi connectivity index (χ0n) is 17.3. The van der Waals surface area contributed by atoms with Gasteiger partial charge < -0.3 is 14.2 Å². The number of amides is 1. The Morgan fingerprint density at radius 2 is 2.10 bits per heavy atom. The van der Waals surface area contributed by atoms with E-state index in [1.54, 1.807) is 37.3 Å². The first-order valence-electron chi connectivity index (χ1n) is 9.96. The predicted molar refractivity (Wildman–Crippen MR) is 125 cm³/mol. The molecule has 3 aromatic rings. The van der Waals surface area contributed by atoms with Crippen molar-refractivity contribution in [3.63, 3.8) is 0 Å². The van der Waals surface area contributed by atoms with Crippen LogP contribution in [0.4, 0.5) is 5.13 Å². The van der Waals surface area contributed by atoms with E-state index in [0.717, 1.165) is 35.2 Å². The van der Waals surface area contributed by atoms with E-state index >= 15 is 0 Å². The molecule has 2 heterocycles. The molecule has 1 aromatic heterocycles. The smallest absolute Gasteiger partial charge is 0.252 e. The molecule has 162 valence electrons. The topological polar surface area (TPSA) is 60.9 Å². The summed E-state index contributed by atoms with van der Waals surface area (Å²) in [6.45, 7) is 1.19. The van der Waals surface area contributed by atoms with Gasteiger partial charge in [0.05, 0.1) is 37.1 Å². The summed E-state index contributed by atoms with van der Waals surface area (Å²) in [6.07, 6.45) is 5.25. The Morgan fingerprint density at radius 1 is 1.26 bits per heavy atom. The molecular formula is C23H23ClN2O4S. The molecule has 0 saturated carbocycles. The largest absolute Gasteiger partial charge is 0.493 e. The Morgan fingerprint density at radius 3 is 2.84 bits per heavy atom. The number of halogens is 1. The van der Waals surface area contributed by atoms with Gasteiger partial charge in [0.2, 0.25) is 0 Å². The summed E-state index contributed by atoms with van der Waals surface area (Å²) in [5.74, 6) is 1.09. The average Bonchev–Trinajstić information content (AvgIpc) is 3.44. The fourth-order valence-corrected chi connectivity index (χ4v) is 4.73. The number of rotatable bonds is 7. The molecule has 1 unspecified atom stereocenters. The lowest BCUT2D eigenvalue weighted by Gasteiger charge is -2.21. The lowest BCUT2D eigenvalue weighted by molar-refractivity contribution is -0.114. The number of hydrogen-bond acceptors (Lipinski definition) is 6. The summed E-state index contributed by atoms with van der Waals surface area (Å²) < 4.78 is 17.3. The maximum atomic E-state index is 13.2. The van der Waals surface area contributed by atoms with Crippen molar-refractivity contribution in [1.29, 1.82) is 0 Å². The maximum absolute atomic E-state index is 13.2. The Bertz CT molecular complexity index is 1110. The molecule has 0 bridgehead atoms. The Hall–Kier alpha value is -2.61. The van der Waals surface area contributed by atoms with Crippen molar-refractivity contribution < 1.29 is 19.0 Å². The standard InChI is InChI=1S/C23H23ClN2O4S/c1-28-19-9-5-15(12-20(19)29-2)6-10-22(27)26(14-17-4-3-11-30-17)23-25-18-8-7-16(24)13-21(18)31-23/h5-10,12-13,17H,3-4,11,14H2,1-2H3/b10-6+. The molecule has 2 aromatic carbocycles. The first-order chi connectivity index (χ1) is 15.1. The van der Waals surface area contributed by atoms with Crippen LogP contribution in [0, 0.1) is 0 Å². The summed E-state index contributed by atoms with van der Waals surface area (Å²) in [7, 11) is 3.17. The zero-order chi connectivity index (χ0) is 21.8. The van der Waals surface area contributed by atoms with Gasteiger partial charge in [-0.2, -0.15) is 0 Å². The second-order valence-corrected chi connectivity index (χ2v) is 8.59. The molecule has 0 radical (unpaired) electrons. The molecular weight excluding hydrogens is 436 g/mol. The number of hydrogen-bond donors (Lipinski definition) is 0. The van der Waals surface area contributed by atoms with E-state index in [4.69, 9.17) is 25.8 Å². The molecule has 1 fully saturated rings. The fourth-order valence-electron chi connectivity index (χ4n) is 3.47. The molecule has 1 aliphatic heterocycles. The van der Waals surface area contributed by atoms with Gasteiger partial charge in [-0.05, 0) is 54.8 Å². The lowest BCUT2D eigenvalue weighted by atomic mass is 10.2. The van der Waals surface area contributed by atoms with Crippen molar-refractivity contribution in [2.75, 3.05) is 32.3 Å². The summed E-state index contributed by atoms with van der Waals surface area (Å²) in [5, 5.41) is 1.28. The predicted octanol–water partition coefficient (Wildman–Crippen LogP) is 5.19. The SMILES string of the molecule is COc1ccc(/C=C/C(=O)N(CC2CCCO2)c2nc3ccc(Cl)cc3s2)cc1OC. The fraction of sp³-hybridized carbons (Fsp3) is 0.304. The normalized spacial score (nSPS) is 16.2. The summed E-state index contributed by atoms with van der Waals surface area (Å²) in [6, 6.07) is 11.0. The van der Waals surface area contributed by atoms with Crippen molar-refractivity contribution in [3.8, 4) is 11.5 Å². The quantitative estimate of drug-likeness (QED) is 0.456. The van der Waals surface area contributed by atoms with Gasteiger partial charge in [-0.3, -0.25) is 9.69 Å². The van der Waals surface area contributed by atoms with Gasteiger partial charge in [0.15, 0.2) is 16.6 Å². The summed E-state index contributed by atoms with van der Waals surface area (Å²) >= 11 is 7.57. The second-order valence-electron chi connectivity index (χ2n) is 7.14. The molecule has 4 rings (SSSR count). The van der Waals surface area contributed by atoms with E-state index in [1.165, 1.54) is 11.3 Å². The van der Waals surface area contributed by atoms with Crippen LogP contribution in [0.1, 0.15) is 18.4 Å². The van der Waals surface area contributed by atoms with E-state index in [1.807, 2.05) is 30.3 Å². The van der Waals surface area contributed by atoms with E-state index in [0.29, 0.717) is 28.2 Å². The van der Waals surface area contributed by atoms with Gasteiger partial charge in [0.1, 0.15) is 0 Å². The molecule has 1 aliphatic rings. The molecule has 0 N–H and O–H groups in total. The van der Waals surface area contributed by atoms with Crippen LogP contribution >= 0.6 is 22.9 Å². The van der Waals surface area contributed by atoms with Crippen LogP contribution in [-0.4, -0.2) is 44.4 Å². The average molecular weight is 459 g/mol. The number of carbonyl (C=O) groups excluding carboxylic acids is 1. The summed E-state index contributed by atoms with van der Waals surface area (Å²) in [4.78, 5) is 19.5. The number of methoxy groups -OCH3 is 2. The number of anilines is 1. The molecule has 6 nitrogen and oxygen atoms in total. The van der Waals surface area contributed by atoms with Crippen LogP contribution in [0.3, 0.4) is 0 Å². The third-order valence-electron chi connectivity index (χ3n) is 5.07. The number of aromatic nitrogens is 1. The van der Waals surface area contributed by atoms with Gasteiger partial charge in [0.25, 0.3) is 5.91 Å². The Balaban J connectivity index is 1.61. The zero-order valence-corrected chi connectivity index (χ0v) is 18.9. The highest BCUT2D eigenvalue weighted by Gasteiger charge is 2.25. The van der Waals surface area contributed by atoms with Crippen molar-refractivity contribution in [2.45, 2.75) is 18.9 Å². The number of carbonyl (C=O) groups is 1. The number of ether oxygens (including phenoxy) is 3. The molecule has 0 aliphatic carbocycles. The van der Waals surface area contributed by atoms with Crippen LogP contribution in [0.5, 0.6) is 11.5 Å². The highest BCUT2D eigenvalue weighted by atomic mass is 35.5. The number of fused-ring (bicyclic) bond motifs is 1. The second kappa shape index (κ2) is 9.68. The third-order valence-corrected chi connectivity index (χ3v) is 6.35. The van der Waals surface area contributed by atoms with Gasteiger partial charge in [-0.1, -0.05) is 29.0 Å². The number of thiazole rings is 1. The first-order valence-corrected chi connectivity index (χ1v) is 11.2. The third kappa shape index (κ3) is 5.01. The van der Waals surface area contributed by atoms with Crippen LogP contribution in [0.15, 0.2) is 42.5 Å². The Kier molecular flexibility index (Phi) is 6.75. The molecule has 8 heteroatoms. The molecule has 0 spiro atoms. The van der Waals surface area contributed by atoms with E-state index in [9.17, 15) is 4.79 Å². The van der Waals surface area contributed by atoms with Crippen LogP contribution in [0.2, 0.25) is 5.02 Å². The highest BCUT2D eigenvalue weighted by molar-refractivity contribution is 7.22. The van der Waals surface area contributed by atoms with E-state index < -0.39 is 0 Å². The highest BCUT2D eigenvalue weighted by Crippen LogP contribution is 2.32. The van der Waals surface area contributed by atoms with Crippen molar-refractivity contribution >= 4 is 50.3 Å². The van der Waals surface area contributed by atoms with Gasteiger partial charge in [-0.15, -0.1) is 0 Å². The van der Waals surface area contributed by atoms with Gasteiger partial charge in [-0.25, -0.2) is 4.98 Å². The van der Waals surface area contributed by atoms with Gasteiger partial charge >= 0.3 is 0 Å². The van der Waals surface area contributed by atoms with Crippen molar-refractivity contribution in [1.82, 2.24) is 4.98 Å². The minimum absolute atomic E-state index is 0.00836. The monoisotopic (exact) mass is 458 g/mol. The van der Waals surface area contributed by atoms with Gasteiger partial charge in [0, 0.05) is 17.7 Å². The Labute approximate surface area is 190 Å². The minimum atomic E-state index is -0.157. The van der Waals surface area contributed by atoms with E-state index in [2.05, 4.69) is 4.98 Å². The maximum Gasteiger partial charge on any atom is 0.252 e. The van der Waals surface area contributed by atoms with Crippen LogP contribution in [0.25, 0.3) is 16.3 Å². The van der Waals surface area contributed by atoms with Crippen LogP contribution in [-0.2, 0) is 9.53 Å². The molecule has 1 amide bonds. The molecule has 1 saturated heterocycles. The first kappa shape index (κ1) is 21.6. The van der Waals surface area contributed by atoms with Crippen LogP contribution < -0.4 is 14.4 Å².